The summed E-state index contributed by atoms with van der Waals surface area (Å²) in [5.41, 5.74) is 1.21. The van der Waals surface area contributed by atoms with Gasteiger partial charge in [0.15, 0.2) is 6.61 Å². The van der Waals surface area contributed by atoms with Gasteiger partial charge in [-0.2, -0.15) is 0 Å². The highest BCUT2D eigenvalue weighted by Crippen LogP contribution is 2.23. The number of amides is 3. The normalized spacial score (nSPS) is 12.5. The number of para-hydroxylation sites is 2. The van der Waals surface area contributed by atoms with Crippen molar-refractivity contribution in [2.45, 2.75) is 12.8 Å². The summed E-state index contributed by atoms with van der Waals surface area (Å²) in [6, 6.07) is 13.5. The van der Waals surface area contributed by atoms with Crippen LogP contribution in [0.5, 0.6) is 5.75 Å². The third-order valence-electron chi connectivity index (χ3n) is 4.39. The standard InChI is InChI=1S/C21H20N2O6/c1-28-17-10-5-4-9-16(17)22-18(24)13-29-19(25)11-6-12-23-20(26)14-7-2-3-8-15(14)21(23)27/h2-5,7-10H,6,11-13H2,1H3,(H,22,24). The fraction of sp³-hybridized carbons (Fsp3) is 0.238. The maximum Gasteiger partial charge on any atom is 0.306 e. The van der Waals surface area contributed by atoms with Crippen LogP contribution >= 0.6 is 0 Å². The van der Waals surface area contributed by atoms with Gasteiger partial charge in [-0.3, -0.25) is 24.1 Å². The van der Waals surface area contributed by atoms with Crippen LogP contribution in [0.25, 0.3) is 0 Å². The number of nitrogens with one attached hydrogen (secondary N) is 1. The number of esters is 1. The lowest BCUT2D eigenvalue weighted by molar-refractivity contribution is -0.147. The number of nitrogens with zero attached hydrogens (tertiary/aromatic N) is 1. The first-order valence-corrected chi connectivity index (χ1v) is 9.05. The van der Waals surface area contributed by atoms with Gasteiger partial charge in [0.25, 0.3) is 17.7 Å². The first-order valence-electron chi connectivity index (χ1n) is 9.05. The molecule has 0 fully saturated rings. The smallest absolute Gasteiger partial charge is 0.306 e. The predicted octanol–water partition coefficient (Wildman–Crippen LogP) is 2.25. The molecule has 0 radical (unpaired) electrons. The topological polar surface area (TPSA) is 102 Å². The van der Waals surface area contributed by atoms with Gasteiger partial charge in [0, 0.05) is 13.0 Å². The fourth-order valence-electron chi connectivity index (χ4n) is 2.98. The molecule has 0 atom stereocenters. The highest BCUT2D eigenvalue weighted by molar-refractivity contribution is 6.21. The molecule has 3 rings (SSSR count). The van der Waals surface area contributed by atoms with Gasteiger partial charge in [0.1, 0.15) is 5.75 Å². The lowest BCUT2D eigenvalue weighted by Gasteiger charge is -2.13. The summed E-state index contributed by atoms with van der Waals surface area (Å²) in [5.74, 6) is -1.32. The van der Waals surface area contributed by atoms with Crippen molar-refractivity contribution < 1.29 is 28.7 Å². The number of fused-ring (bicyclic) bond motifs is 1. The van der Waals surface area contributed by atoms with Crippen LogP contribution in [-0.4, -0.2) is 48.9 Å². The first-order chi connectivity index (χ1) is 14.0. The number of carbonyl (C=O) groups is 4. The number of hydrogen-bond acceptors (Lipinski definition) is 6. The molecule has 1 aliphatic rings. The number of methoxy groups -OCH3 is 1. The molecule has 0 aromatic heterocycles. The van der Waals surface area contributed by atoms with E-state index >= 15 is 0 Å². The Morgan fingerprint density at radius 1 is 0.966 bits per heavy atom. The third-order valence-corrected chi connectivity index (χ3v) is 4.39. The third kappa shape index (κ3) is 4.60. The average Bonchev–Trinajstić information content (AvgIpc) is 2.98. The van der Waals surface area contributed by atoms with Crippen LogP contribution < -0.4 is 10.1 Å². The Morgan fingerprint density at radius 3 is 2.24 bits per heavy atom. The predicted molar refractivity (Wildman–Crippen MR) is 104 cm³/mol. The molecule has 0 saturated heterocycles. The van der Waals surface area contributed by atoms with Crippen molar-refractivity contribution in [2.75, 3.05) is 25.6 Å². The van der Waals surface area contributed by atoms with E-state index < -0.39 is 18.5 Å². The minimum atomic E-state index is -0.586. The molecule has 2 aromatic carbocycles. The van der Waals surface area contributed by atoms with E-state index in [1.54, 1.807) is 48.5 Å². The summed E-state index contributed by atoms with van der Waals surface area (Å²) in [6.45, 7) is -0.335. The maximum atomic E-state index is 12.2. The molecule has 8 heteroatoms. The number of rotatable bonds is 8. The van der Waals surface area contributed by atoms with Crippen LogP contribution in [0.15, 0.2) is 48.5 Å². The number of imide groups is 1. The van der Waals surface area contributed by atoms with Crippen molar-refractivity contribution in [1.29, 1.82) is 0 Å². The van der Waals surface area contributed by atoms with Gasteiger partial charge < -0.3 is 14.8 Å². The molecule has 0 aliphatic carbocycles. The van der Waals surface area contributed by atoms with Gasteiger partial charge in [0.05, 0.1) is 23.9 Å². The highest BCUT2D eigenvalue weighted by atomic mass is 16.5. The Labute approximate surface area is 167 Å². The lowest BCUT2D eigenvalue weighted by Crippen LogP contribution is -2.31. The number of benzene rings is 2. The summed E-state index contributed by atoms with van der Waals surface area (Å²) >= 11 is 0. The van der Waals surface area contributed by atoms with Crippen LogP contribution in [0.2, 0.25) is 0 Å². The molecule has 150 valence electrons. The van der Waals surface area contributed by atoms with Crippen LogP contribution in [-0.2, 0) is 14.3 Å². The first kappa shape index (κ1) is 20.1. The Kier molecular flexibility index (Phi) is 6.23. The molecule has 1 aliphatic heterocycles. The lowest BCUT2D eigenvalue weighted by atomic mass is 10.1. The van der Waals surface area contributed by atoms with E-state index in [0.29, 0.717) is 22.6 Å². The zero-order chi connectivity index (χ0) is 20.8. The van der Waals surface area contributed by atoms with Crippen LogP contribution in [0.1, 0.15) is 33.6 Å². The molecule has 3 amide bonds. The second kappa shape index (κ2) is 9.01. The van der Waals surface area contributed by atoms with E-state index in [-0.39, 0.29) is 31.2 Å². The Balaban J connectivity index is 1.41. The molecular formula is C21H20N2O6. The van der Waals surface area contributed by atoms with Crippen molar-refractivity contribution in [2.24, 2.45) is 0 Å². The minimum absolute atomic E-state index is 0.0185. The van der Waals surface area contributed by atoms with Crippen LogP contribution in [0.4, 0.5) is 5.69 Å². The van der Waals surface area contributed by atoms with E-state index in [2.05, 4.69) is 5.32 Å². The molecule has 8 nitrogen and oxygen atoms in total. The molecule has 0 unspecified atom stereocenters. The maximum absolute atomic E-state index is 12.2. The monoisotopic (exact) mass is 396 g/mol. The van der Waals surface area contributed by atoms with E-state index in [0.717, 1.165) is 4.90 Å². The minimum Gasteiger partial charge on any atom is -0.495 e. The van der Waals surface area contributed by atoms with E-state index in [4.69, 9.17) is 9.47 Å². The Morgan fingerprint density at radius 2 is 1.59 bits per heavy atom. The van der Waals surface area contributed by atoms with Crippen molar-refractivity contribution in [1.82, 2.24) is 4.90 Å². The number of anilines is 1. The Hall–Kier alpha value is -3.68. The van der Waals surface area contributed by atoms with Crippen LogP contribution in [0, 0.1) is 0 Å². The molecule has 2 aromatic rings. The number of hydrogen-bond donors (Lipinski definition) is 1. The van der Waals surface area contributed by atoms with Gasteiger partial charge in [0.2, 0.25) is 0 Å². The second-order valence-electron chi connectivity index (χ2n) is 6.32. The molecule has 0 saturated carbocycles. The van der Waals surface area contributed by atoms with Gasteiger partial charge in [-0.15, -0.1) is 0 Å². The number of carbonyl (C=O) groups excluding carboxylic acids is 4. The second-order valence-corrected chi connectivity index (χ2v) is 6.32. The summed E-state index contributed by atoms with van der Waals surface area (Å²) in [6.07, 6.45) is 0.230. The van der Waals surface area contributed by atoms with Gasteiger partial charge >= 0.3 is 5.97 Å². The molecule has 1 heterocycles. The van der Waals surface area contributed by atoms with E-state index in [9.17, 15) is 19.2 Å². The quantitative estimate of drug-likeness (QED) is 0.542. The molecule has 29 heavy (non-hydrogen) atoms. The Bertz CT molecular complexity index is 921. The van der Waals surface area contributed by atoms with Gasteiger partial charge in [-0.1, -0.05) is 24.3 Å². The van der Waals surface area contributed by atoms with Crippen LogP contribution in [0.3, 0.4) is 0 Å². The number of ether oxygens (including phenoxy) is 2. The van der Waals surface area contributed by atoms with Crippen molar-refractivity contribution in [3.63, 3.8) is 0 Å². The molecular weight excluding hydrogens is 376 g/mol. The van der Waals surface area contributed by atoms with Gasteiger partial charge in [-0.05, 0) is 30.7 Å². The fourth-order valence-corrected chi connectivity index (χ4v) is 2.98. The summed E-state index contributed by atoms with van der Waals surface area (Å²) in [7, 11) is 1.49. The summed E-state index contributed by atoms with van der Waals surface area (Å²) in [4.78, 5) is 49.4. The SMILES string of the molecule is COc1ccccc1NC(=O)COC(=O)CCCN1C(=O)c2ccccc2C1=O. The van der Waals surface area contributed by atoms with Crippen molar-refractivity contribution >= 4 is 29.4 Å². The molecule has 1 N–H and O–H groups in total. The van der Waals surface area contributed by atoms with E-state index in [1.807, 2.05) is 0 Å². The zero-order valence-electron chi connectivity index (χ0n) is 15.8. The molecule has 0 spiro atoms. The van der Waals surface area contributed by atoms with Crippen molar-refractivity contribution in [3.8, 4) is 5.75 Å². The average molecular weight is 396 g/mol. The van der Waals surface area contributed by atoms with Gasteiger partial charge in [-0.25, -0.2) is 0 Å². The highest BCUT2D eigenvalue weighted by Gasteiger charge is 2.34. The summed E-state index contributed by atoms with van der Waals surface area (Å²) in [5, 5.41) is 2.60. The zero-order valence-corrected chi connectivity index (χ0v) is 15.8. The molecule has 0 bridgehead atoms. The van der Waals surface area contributed by atoms with E-state index in [1.165, 1.54) is 7.11 Å². The largest absolute Gasteiger partial charge is 0.495 e. The summed E-state index contributed by atoms with van der Waals surface area (Å²) < 4.78 is 10.1. The van der Waals surface area contributed by atoms with Crippen molar-refractivity contribution in [3.05, 3.63) is 59.7 Å².